The Hall–Kier alpha value is -4.84. The molecule has 0 spiro atoms. The molecule has 0 aliphatic rings. The molecule has 0 atom stereocenters. The molecule has 0 aliphatic heterocycles. The van der Waals surface area contributed by atoms with Crippen molar-refractivity contribution < 1.29 is 23.4 Å². The largest absolute Gasteiger partial charge is 0.497 e. The minimum atomic E-state index is -0.602. The van der Waals surface area contributed by atoms with Gasteiger partial charge in [0.25, 0.3) is 0 Å². The highest BCUT2D eigenvalue weighted by atomic mass is 16.5. The molecule has 0 saturated carbocycles. The lowest BCUT2D eigenvalue weighted by atomic mass is 9.91. The predicted molar refractivity (Wildman–Crippen MR) is 136 cm³/mol. The topological polar surface area (TPSA) is 75.0 Å². The minimum absolute atomic E-state index is 0.0469. The number of methoxy groups -OCH3 is 1. The second-order valence-electron chi connectivity index (χ2n) is 8.04. The van der Waals surface area contributed by atoms with Gasteiger partial charge < -0.3 is 18.6 Å². The molecule has 0 saturated heterocycles. The van der Waals surface area contributed by atoms with Crippen molar-refractivity contribution in [2.24, 2.45) is 0 Å². The number of hydrogen-bond donors (Lipinski definition) is 0. The van der Waals surface area contributed by atoms with Gasteiger partial charge in [-0.15, -0.1) is 0 Å². The van der Waals surface area contributed by atoms with Crippen LogP contribution in [0.15, 0.2) is 119 Å². The Morgan fingerprint density at radius 2 is 1.33 bits per heavy atom. The molecule has 1 heterocycles. The molecule has 36 heavy (non-hydrogen) atoms. The van der Waals surface area contributed by atoms with Gasteiger partial charge in [0.15, 0.2) is 0 Å². The van der Waals surface area contributed by atoms with Crippen LogP contribution in [0, 0.1) is 0 Å². The SMILES string of the molecule is COc1ccc(Oc2coc3cc(OC(=O)C(c4ccccc4)c4ccccc4)ccc3c2=O)cc1. The van der Waals surface area contributed by atoms with Crippen LogP contribution in [0.1, 0.15) is 17.0 Å². The lowest BCUT2D eigenvalue weighted by molar-refractivity contribution is -0.135. The van der Waals surface area contributed by atoms with E-state index in [1.54, 1.807) is 43.5 Å². The zero-order chi connectivity index (χ0) is 24.9. The van der Waals surface area contributed by atoms with Gasteiger partial charge in [0.1, 0.15) is 35.0 Å². The maximum Gasteiger partial charge on any atom is 0.323 e. The maximum atomic E-state index is 13.3. The third-order valence-corrected chi connectivity index (χ3v) is 5.72. The van der Waals surface area contributed by atoms with Gasteiger partial charge in [0.05, 0.1) is 12.5 Å². The first kappa shape index (κ1) is 22.9. The molecule has 6 nitrogen and oxygen atoms in total. The third-order valence-electron chi connectivity index (χ3n) is 5.72. The molecule has 5 aromatic rings. The summed E-state index contributed by atoms with van der Waals surface area (Å²) in [7, 11) is 1.57. The van der Waals surface area contributed by atoms with Crippen LogP contribution in [0.2, 0.25) is 0 Å². The summed E-state index contributed by atoms with van der Waals surface area (Å²) >= 11 is 0. The Labute approximate surface area is 207 Å². The van der Waals surface area contributed by atoms with Crippen molar-refractivity contribution >= 4 is 16.9 Å². The molecule has 0 unspecified atom stereocenters. The number of fused-ring (bicyclic) bond motifs is 1. The Morgan fingerprint density at radius 3 is 1.94 bits per heavy atom. The van der Waals surface area contributed by atoms with E-state index in [1.165, 1.54) is 12.3 Å². The van der Waals surface area contributed by atoms with Gasteiger partial charge in [0, 0.05) is 6.07 Å². The molecular weight excluding hydrogens is 456 g/mol. The Bertz CT molecular complexity index is 1500. The van der Waals surface area contributed by atoms with Gasteiger partial charge in [0.2, 0.25) is 11.2 Å². The number of ether oxygens (including phenoxy) is 3. The quantitative estimate of drug-likeness (QED) is 0.201. The summed E-state index contributed by atoms with van der Waals surface area (Å²) in [6.07, 6.45) is 1.25. The summed E-state index contributed by atoms with van der Waals surface area (Å²) in [5.41, 5.74) is 1.59. The summed E-state index contributed by atoms with van der Waals surface area (Å²) in [4.78, 5) is 26.2. The van der Waals surface area contributed by atoms with E-state index in [0.717, 1.165) is 11.1 Å². The number of carbonyl (C=O) groups is 1. The number of carbonyl (C=O) groups excluding carboxylic acids is 1. The first-order valence-corrected chi connectivity index (χ1v) is 11.3. The fourth-order valence-corrected chi connectivity index (χ4v) is 3.93. The summed E-state index contributed by atoms with van der Waals surface area (Å²) in [6.45, 7) is 0. The standard InChI is InChI=1S/C30H22O6/c1-33-22-12-14-23(15-13-22)35-27-19-34-26-18-24(16-17-25(26)29(27)31)36-30(32)28(20-8-4-2-5-9-20)21-10-6-3-7-11-21/h2-19,28H,1H3. The molecule has 0 fully saturated rings. The third kappa shape index (κ3) is 4.83. The summed E-state index contributed by atoms with van der Waals surface area (Å²) in [5.74, 6) is 0.434. The van der Waals surface area contributed by atoms with E-state index >= 15 is 0 Å². The molecule has 0 radical (unpaired) electrons. The highest BCUT2D eigenvalue weighted by molar-refractivity contribution is 5.85. The smallest absolute Gasteiger partial charge is 0.323 e. The number of esters is 1. The van der Waals surface area contributed by atoms with Gasteiger partial charge in [-0.3, -0.25) is 9.59 Å². The number of benzene rings is 4. The number of rotatable bonds is 7. The Kier molecular flexibility index (Phi) is 6.49. The number of hydrogen-bond acceptors (Lipinski definition) is 6. The lowest BCUT2D eigenvalue weighted by Gasteiger charge is -2.17. The average Bonchev–Trinajstić information content (AvgIpc) is 2.92. The molecule has 0 amide bonds. The summed E-state index contributed by atoms with van der Waals surface area (Å²) < 4.78 is 22.2. The van der Waals surface area contributed by atoms with Crippen LogP contribution >= 0.6 is 0 Å². The molecule has 6 heteroatoms. The Balaban J connectivity index is 1.40. The monoisotopic (exact) mass is 478 g/mol. The molecule has 0 aliphatic carbocycles. The van der Waals surface area contributed by atoms with Crippen molar-refractivity contribution in [3.05, 3.63) is 131 Å². The van der Waals surface area contributed by atoms with Crippen LogP contribution in [0.3, 0.4) is 0 Å². The van der Waals surface area contributed by atoms with Gasteiger partial charge in [-0.2, -0.15) is 0 Å². The molecule has 4 aromatic carbocycles. The second-order valence-corrected chi connectivity index (χ2v) is 8.04. The zero-order valence-corrected chi connectivity index (χ0v) is 19.4. The maximum absolute atomic E-state index is 13.3. The van der Waals surface area contributed by atoms with E-state index in [9.17, 15) is 9.59 Å². The average molecular weight is 479 g/mol. The highest BCUT2D eigenvalue weighted by Crippen LogP contribution is 2.29. The van der Waals surface area contributed by atoms with Gasteiger partial charge in [-0.25, -0.2) is 0 Å². The predicted octanol–water partition coefficient (Wildman–Crippen LogP) is 6.33. The fourth-order valence-electron chi connectivity index (χ4n) is 3.93. The molecular formula is C30H22O6. The summed E-state index contributed by atoms with van der Waals surface area (Å²) in [5, 5.41) is 0.309. The fraction of sp³-hybridized carbons (Fsp3) is 0.0667. The molecule has 178 valence electrons. The van der Waals surface area contributed by atoms with Crippen molar-refractivity contribution in [1.82, 2.24) is 0 Å². The van der Waals surface area contributed by atoms with Gasteiger partial charge in [-0.05, 0) is 47.5 Å². The normalized spacial score (nSPS) is 10.8. The van der Waals surface area contributed by atoms with Crippen LogP contribution in [-0.2, 0) is 4.79 Å². The minimum Gasteiger partial charge on any atom is -0.497 e. The first-order chi connectivity index (χ1) is 17.6. The summed E-state index contributed by atoms with van der Waals surface area (Å²) in [6, 6.07) is 30.4. The van der Waals surface area contributed by atoms with Crippen molar-refractivity contribution in [2.75, 3.05) is 7.11 Å². The van der Waals surface area contributed by atoms with Crippen LogP contribution in [0.4, 0.5) is 0 Å². The van der Waals surface area contributed by atoms with E-state index in [4.69, 9.17) is 18.6 Å². The highest BCUT2D eigenvalue weighted by Gasteiger charge is 2.25. The van der Waals surface area contributed by atoms with Crippen LogP contribution in [0.5, 0.6) is 23.0 Å². The molecule has 0 N–H and O–H groups in total. The van der Waals surface area contributed by atoms with Crippen LogP contribution in [-0.4, -0.2) is 13.1 Å². The van der Waals surface area contributed by atoms with E-state index in [1.807, 2.05) is 60.7 Å². The Morgan fingerprint density at radius 1 is 0.750 bits per heavy atom. The second kappa shape index (κ2) is 10.2. The van der Waals surface area contributed by atoms with E-state index in [-0.39, 0.29) is 22.5 Å². The van der Waals surface area contributed by atoms with E-state index in [2.05, 4.69) is 0 Å². The molecule has 1 aromatic heterocycles. The van der Waals surface area contributed by atoms with Crippen molar-refractivity contribution in [1.29, 1.82) is 0 Å². The molecule has 0 bridgehead atoms. The van der Waals surface area contributed by atoms with Crippen molar-refractivity contribution in [2.45, 2.75) is 5.92 Å². The van der Waals surface area contributed by atoms with Crippen molar-refractivity contribution in [3.63, 3.8) is 0 Å². The van der Waals surface area contributed by atoms with Crippen LogP contribution < -0.4 is 19.6 Å². The van der Waals surface area contributed by atoms with E-state index in [0.29, 0.717) is 16.9 Å². The first-order valence-electron chi connectivity index (χ1n) is 11.3. The lowest BCUT2D eigenvalue weighted by Crippen LogP contribution is -2.20. The van der Waals surface area contributed by atoms with Crippen molar-refractivity contribution in [3.8, 4) is 23.0 Å². The van der Waals surface area contributed by atoms with Gasteiger partial charge >= 0.3 is 5.97 Å². The molecule has 5 rings (SSSR count). The van der Waals surface area contributed by atoms with Crippen LogP contribution in [0.25, 0.3) is 11.0 Å². The van der Waals surface area contributed by atoms with E-state index < -0.39 is 11.9 Å². The van der Waals surface area contributed by atoms with Gasteiger partial charge in [-0.1, -0.05) is 60.7 Å². The zero-order valence-electron chi connectivity index (χ0n) is 19.4.